The highest BCUT2D eigenvalue weighted by atomic mass is 16.6. The van der Waals surface area contributed by atoms with E-state index in [4.69, 9.17) is 4.74 Å². The summed E-state index contributed by atoms with van der Waals surface area (Å²) in [5.74, 6) is 2.11. The first-order valence-corrected chi connectivity index (χ1v) is 9.95. The largest absolute Gasteiger partial charge is 0.459 e. The molecule has 138 valence electrons. The molecule has 0 saturated heterocycles. The number of fused-ring (bicyclic) bond motifs is 2. The molecule has 0 heterocycles. The minimum atomic E-state index is -0.953. The van der Waals surface area contributed by atoms with E-state index in [2.05, 4.69) is 32.9 Å². The zero-order valence-corrected chi connectivity index (χ0v) is 16.0. The standard InChI is InChI=1S/C21H36O3/c1-5-21(6-2,7-3)24-19(22)15-20(4,23)12-8-9-17-13-16-10-11-18(17)14-16/h10-11,16-18,23H,5-9,12-15H2,1-4H3. The number of rotatable bonds is 10. The third kappa shape index (κ3) is 4.84. The van der Waals surface area contributed by atoms with Gasteiger partial charge < -0.3 is 9.84 Å². The van der Waals surface area contributed by atoms with Gasteiger partial charge in [0.25, 0.3) is 0 Å². The summed E-state index contributed by atoms with van der Waals surface area (Å²) in [6, 6.07) is 0. The van der Waals surface area contributed by atoms with Crippen LogP contribution < -0.4 is 0 Å². The molecule has 1 fully saturated rings. The van der Waals surface area contributed by atoms with Gasteiger partial charge in [0.1, 0.15) is 5.60 Å². The van der Waals surface area contributed by atoms with Crippen LogP contribution in [0.5, 0.6) is 0 Å². The van der Waals surface area contributed by atoms with Gasteiger partial charge >= 0.3 is 5.97 Å². The smallest absolute Gasteiger partial charge is 0.309 e. The molecule has 2 aliphatic rings. The summed E-state index contributed by atoms with van der Waals surface area (Å²) in [6.45, 7) is 7.95. The van der Waals surface area contributed by atoms with Crippen molar-refractivity contribution in [2.75, 3.05) is 0 Å². The second kappa shape index (κ2) is 8.03. The number of allylic oxidation sites excluding steroid dienone is 2. The van der Waals surface area contributed by atoms with E-state index < -0.39 is 5.60 Å². The maximum Gasteiger partial charge on any atom is 0.309 e. The molecular weight excluding hydrogens is 300 g/mol. The maximum atomic E-state index is 12.3. The Bertz CT molecular complexity index is 440. The van der Waals surface area contributed by atoms with E-state index in [1.165, 1.54) is 19.3 Å². The van der Waals surface area contributed by atoms with E-state index in [1.807, 2.05) is 0 Å². The summed E-state index contributed by atoms with van der Waals surface area (Å²) in [6.07, 6.45) is 12.8. The predicted octanol–water partition coefficient (Wildman–Crippen LogP) is 5.02. The predicted molar refractivity (Wildman–Crippen MR) is 97.6 cm³/mol. The Labute approximate surface area is 147 Å². The van der Waals surface area contributed by atoms with Crippen LogP contribution in [0.4, 0.5) is 0 Å². The molecular formula is C21H36O3. The summed E-state index contributed by atoms with van der Waals surface area (Å²) in [5.41, 5.74) is -1.31. The first-order valence-electron chi connectivity index (χ1n) is 9.95. The molecule has 1 saturated carbocycles. The lowest BCUT2D eigenvalue weighted by atomic mass is 9.86. The van der Waals surface area contributed by atoms with E-state index in [0.717, 1.165) is 43.4 Å². The minimum Gasteiger partial charge on any atom is -0.459 e. The molecule has 0 spiro atoms. The van der Waals surface area contributed by atoms with Crippen molar-refractivity contribution in [2.45, 2.75) is 96.7 Å². The highest BCUT2D eigenvalue weighted by Crippen LogP contribution is 2.45. The Kier molecular flexibility index (Phi) is 6.52. The fourth-order valence-electron chi connectivity index (χ4n) is 4.62. The zero-order valence-electron chi connectivity index (χ0n) is 16.0. The molecule has 2 rings (SSSR count). The Morgan fingerprint density at radius 2 is 1.83 bits per heavy atom. The SMILES string of the molecule is CCC(CC)(CC)OC(=O)CC(C)(O)CCCC1CC2C=CC1C2. The Morgan fingerprint density at radius 3 is 2.33 bits per heavy atom. The van der Waals surface area contributed by atoms with Crippen LogP contribution in [0.3, 0.4) is 0 Å². The third-order valence-corrected chi connectivity index (χ3v) is 6.50. The van der Waals surface area contributed by atoms with Gasteiger partial charge in [0.05, 0.1) is 12.0 Å². The van der Waals surface area contributed by atoms with Crippen molar-refractivity contribution in [3.8, 4) is 0 Å². The average Bonchev–Trinajstić information content (AvgIpc) is 3.15. The summed E-state index contributed by atoms with van der Waals surface area (Å²) in [7, 11) is 0. The fraction of sp³-hybridized carbons (Fsp3) is 0.857. The lowest BCUT2D eigenvalue weighted by Crippen LogP contribution is -2.37. The molecule has 3 nitrogen and oxygen atoms in total. The van der Waals surface area contributed by atoms with E-state index in [-0.39, 0.29) is 18.0 Å². The second-order valence-electron chi connectivity index (χ2n) is 8.32. The summed E-state index contributed by atoms with van der Waals surface area (Å²) < 4.78 is 5.73. The Hall–Kier alpha value is -0.830. The van der Waals surface area contributed by atoms with Gasteiger partial charge in [-0.3, -0.25) is 4.79 Å². The van der Waals surface area contributed by atoms with Gasteiger partial charge in [-0.1, -0.05) is 39.3 Å². The molecule has 24 heavy (non-hydrogen) atoms. The first-order chi connectivity index (χ1) is 11.3. The molecule has 2 bridgehead atoms. The number of aliphatic hydroxyl groups is 1. The van der Waals surface area contributed by atoms with E-state index in [0.29, 0.717) is 6.42 Å². The van der Waals surface area contributed by atoms with Crippen LogP contribution in [0.2, 0.25) is 0 Å². The van der Waals surface area contributed by atoms with Gasteiger partial charge in [-0.2, -0.15) is 0 Å². The third-order valence-electron chi connectivity index (χ3n) is 6.50. The first kappa shape index (κ1) is 19.5. The van der Waals surface area contributed by atoms with E-state index >= 15 is 0 Å². The van der Waals surface area contributed by atoms with Crippen molar-refractivity contribution >= 4 is 5.97 Å². The van der Waals surface area contributed by atoms with Crippen molar-refractivity contribution in [3.05, 3.63) is 12.2 Å². The normalized spacial score (nSPS) is 28.1. The molecule has 0 amide bonds. The molecule has 0 aromatic carbocycles. The number of esters is 1. The van der Waals surface area contributed by atoms with Crippen molar-refractivity contribution in [3.63, 3.8) is 0 Å². The van der Waals surface area contributed by atoms with E-state index in [9.17, 15) is 9.90 Å². The molecule has 3 heteroatoms. The zero-order chi connectivity index (χ0) is 17.8. The van der Waals surface area contributed by atoms with Crippen LogP contribution in [-0.2, 0) is 9.53 Å². The minimum absolute atomic E-state index is 0.103. The molecule has 4 unspecified atom stereocenters. The number of ether oxygens (including phenoxy) is 1. The average molecular weight is 337 g/mol. The topological polar surface area (TPSA) is 46.5 Å². The lowest BCUT2D eigenvalue weighted by molar-refractivity contribution is -0.166. The van der Waals surface area contributed by atoms with Gasteiger partial charge in [-0.15, -0.1) is 0 Å². The summed E-state index contributed by atoms with van der Waals surface area (Å²) in [5, 5.41) is 10.6. The second-order valence-corrected chi connectivity index (χ2v) is 8.32. The van der Waals surface area contributed by atoms with Gasteiger partial charge in [-0.05, 0) is 69.6 Å². The number of carbonyl (C=O) groups excluding carboxylic acids is 1. The van der Waals surface area contributed by atoms with Gasteiger partial charge in [0.15, 0.2) is 0 Å². The molecule has 1 N–H and O–H groups in total. The Balaban J connectivity index is 1.74. The van der Waals surface area contributed by atoms with Crippen LogP contribution in [0.25, 0.3) is 0 Å². The van der Waals surface area contributed by atoms with Gasteiger partial charge in [0.2, 0.25) is 0 Å². The number of hydrogen-bond donors (Lipinski definition) is 1. The monoisotopic (exact) mass is 336 g/mol. The number of carbonyl (C=O) groups is 1. The molecule has 0 aliphatic heterocycles. The van der Waals surface area contributed by atoms with Crippen LogP contribution in [0.15, 0.2) is 12.2 Å². The molecule has 2 aliphatic carbocycles. The number of hydrogen-bond acceptors (Lipinski definition) is 3. The van der Waals surface area contributed by atoms with Gasteiger partial charge in [-0.25, -0.2) is 0 Å². The Morgan fingerprint density at radius 1 is 1.17 bits per heavy atom. The molecule has 4 atom stereocenters. The molecule has 0 aromatic rings. The molecule has 0 aromatic heterocycles. The molecule has 0 radical (unpaired) electrons. The highest BCUT2D eigenvalue weighted by molar-refractivity contribution is 5.71. The summed E-state index contributed by atoms with van der Waals surface area (Å²) >= 11 is 0. The summed E-state index contributed by atoms with van der Waals surface area (Å²) in [4.78, 5) is 12.3. The van der Waals surface area contributed by atoms with Crippen molar-refractivity contribution in [2.24, 2.45) is 17.8 Å². The van der Waals surface area contributed by atoms with Crippen LogP contribution in [0, 0.1) is 17.8 Å². The van der Waals surface area contributed by atoms with Crippen molar-refractivity contribution in [1.82, 2.24) is 0 Å². The van der Waals surface area contributed by atoms with Gasteiger partial charge in [0, 0.05) is 0 Å². The van der Waals surface area contributed by atoms with Crippen LogP contribution >= 0.6 is 0 Å². The van der Waals surface area contributed by atoms with Crippen molar-refractivity contribution in [1.29, 1.82) is 0 Å². The fourth-order valence-corrected chi connectivity index (χ4v) is 4.62. The quantitative estimate of drug-likeness (QED) is 0.450. The maximum absolute atomic E-state index is 12.3. The van der Waals surface area contributed by atoms with E-state index in [1.54, 1.807) is 6.92 Å². The van der Waals surface area contributed by atoms with Crippen LogP contribution in [-0.4, -0.2) is 22.3 Å². The van der Waals surface area contributed by atoms with Crippen molar-refractivity contribution < 1.29 is 14.6 Å². The van der Waals surface area contributed by atoms with Crippen LogP contribution in [0.1, 0.15) is 85.5 Å². The lowest BCUT2D eigenvalue weighted by Gasteiger charge is -2.32. The highest BCUT2D eigenvalue weighted by Gasteiger charge is 2.36.